The minimum absolute atomic E-state index is 0.0346. The number of amides is 2. The number of hydrogen-bond acceptors (Lipinski definition) is 6. The zero-order valence-corrected chi connectivity index (χ0v) is 20.8. The first-order valence-corrected chi connectivity index (χ1v) is 12.6. The molecule has 1 saturated carbocycles. The Kier molecular flexibility index (Phi) is 6.36. The van der Waals surface area contributed by atoms with Crippen molar-refractivity contribution in [1.82, 2.24) is 15.1 Å². The molecule has 1 fully saturated rings. The normalized spacial score (nSPS) is 14.1. The third-order valence-electron chi connectivity index (χ3n) is 6.97. The molecule has 39 heavy (non-hydrogen) atoms. The zero-order chi connectivity index (χ0) is 26.9. The monoisotopic (exact) mass is 528 g/mol. The molecule has 198 valence electrons. The number of rotatable bonds is 6. The van der Waals surface area contributed by atoms with Crippen molar-refractivity contribution in [2.24, 2.45) is 0 Å². The molecule has 1 aromatic heterocycles. The Labute approximate surface area is 223 Å². The van der Waals surface area contributed by atoms with E-state index in [-0.39, 0.29) is 36.7 Å². The lowest BCUT2D eigenvalue weighted by molar-refractivity contribution is 0.102. The van der Waals surface area contributed by atoms with Crippen LogP contribution < -0.4 is 20.1 Å². The molecule has 0 spiro atoms. The fraction of sp³-hybridized carbons (Fsp3) is 0.207. The molecule has 2 heterocycles. The van der Waals surface area contributed by atoms with Crippen LogP contribution in [0.25, 0.3) is 11.3 Å². The van der Waals surface area contributed by atoms with E-state index in [4.69, 9.17) is 9.47 Å². The van der Waals surface area contributed by atoms with Crippen molar-refractivity contribution in [1.29, 1.82) is 0 Å². The Balaban J connectivity index is 1.24. The van der Waals surface area contributed by atoms with E-state index in [9.17, 15) is 19.1 Å². The number of fused-ring (bicyclic) bond motifs is 1. The fourth-order valence-corrected chi connectivity index (χ4v) is 4.60. The molecule has 1 aliphatic heterocycles. The lowest BCUT2D eigenvalue weighted by Crippen LogP contribution is -2.31. The molecule has 3 aromatic carbocycles. The maximum atomic E-state index is 13.2. The number of phenols is 1. The number of phenolic OH excluding ortho intramolecular Hbond substituents is 1. The molecule has 1 aliphatic carbocycles. The van der Waals surface area contributed by atoms with Crippen molar-refractivity contribution in [2.45, 2.75) is 31.7 Å². The van der Waals surface area contributed by atoms with Gasteiger partial charge in [0.2, 0.25) is 6.79 Å². The molecule has 6 rings (SSSR count). The number of aromatic hydroxyl groups is 1. The van der Waals surface area contributed by atoms with E-state index >= 15 is 0 Å². The second kappa shape index (κ2) is 10.1. The average Bonchev–Trinajstić information content (AvgIpc) is 3.55. The largest absolute Gasteiger partial charge is 0.507 e. The first-order valence-electron chi connectivity index (χ1n) is 12.6. The zero-order valence-electron chi connectivity index (χ0n) is 20.8. The number of nitrogens with zero attached hydrogens (tertiary/aromatic N) is 2. The van der Waals surface area contributed by atoms with Crippen LogP contribution in [0, 0.1) is 5.82 Å². The average molecular weight is 529 g/mol. The van der Waals surface area contributed by atoms with Gasteiger partial charge in [-0.3, -0.25) is 4.79 Å². The first-order chi connectivity index (χ1) is 18.9. The predicted octanol–water partition coefficient (Wildman–Crippen LogP) is 5.40. The van der Waals surface area contributed by atoms with Crippen LogP contribution in [0.5, 0.6) is 17.2 Å². The summed E-state index contributed by atoms with van der Waals surface area (Å²) in [5.41, 5.74) is 3.14. The maximum absolute atomic E-state index is 13.2. The van der Waals surface area contributed by atoms with E-state index in [1.54, 1.807) is 48.5 Å². The van der Waals surface area contributed by atoms with Crippen LogP contribution in [0.1, 0.15) is 46.8 Å². The van der Waals surface area contributed by atoms with Crippen LogP contribution in [0.3, 0.4) is 0 Å². The van der Waals surface area contributed by atoms with E-state index in [1.165, 1.54) is 22.9 Å². The summed E-state index contributed by atoms with van der Waals surface area (Å²) in [4.78, 5) is 26.0. The molecular formula is C29H25FN4O5. The molecule has 0 atom stereocenters. The van der Waals surface area contributed by atoms with Gasteiger partial charge in [0.25, 0.3) is 5.91 Å². The summed E-state index contributed by atoms with van der Waals surface area (Å²) in [6, 6.07) is 16.9. The van der Waals surface area contributed by atoms with Crippen LogP contribution >= 0.6 is 0 Å². The van der Waals surface area contributed by atoms with E-state index in [0.717, 1.165) is 30.5 Å². The summed E-state index contributed by atoms with van der Waals surface area (Å²) in [7, 11) is 0. The topological polar surface area (TPSA) is 115 Å². The van der Waals surface area contributed by atoms with Gasteiger partial charge in [0.05, 0.1) is 11.4 Å². The van der Waals surface area contributed by atoms with Gasteiger partial charge in [0.15, 0.2) is 11.5 Å². The number of hydrogen-bond donors (Lipinski definition) is 3. The number of carbonyl (C=O) groups excluding carboxylic acids is 2. The first kappa shape index (κ1) is 24.5. The summed E-state index contributed by atoms with van der Waals surface area (Å²) in [5, 5.41) is 20.8. The number of halogens is 1. The highest BCUT2D eigenvalue weighted by Gasteiger charge is 2.28. The standard InChI is InChI=1S/C29H25FN4O5/c30-20-7-4-17(5-8-20)15-31-29(37)34-24(18-2-1-3-18)14-23(33-34)22-13-21(9-10-25(22)35)32-28(36)19-6-11-26-27(12-19)39-16-38-26/h4-14,18,35H,1-3,15-16H2,(H,31,37)(H,32,36). The van der Waals surface area contributed by atoms with Gasteiger partial charge in [0, 0.05) is 29.3 Å². The number of aromatic nitrogens is 2. The molecule has 0 saturated heterocycles. The second-order valence-electron chi connectivity index (χ2n) is 9.53. The number of benzene rings is 3. The van der Waals surface area contributed by atoms with Crippen LogP contribution in [-0.2, 0) is 6.54 Å². The predicted molar refractivity (Wildman–Crippen MR) is 140 cm³/mol. The third kappa shape index (κ3) is 5.00. The third-order valence-corrected chi connectivity index (χ3v) is 6.97. The van der Waals surface area contributed by atoms with Gasteiger partial charge in [-0.2, -0.15) is 9.78 Å². The molecule has 10 heteroatoms. The summed E-state index contributed by atoms with van der Waals surface area (Å²) in [6.07, 6.45) is 2.94. The number of nitrogens with one attached hydrogen (secondary N) is 2. The van der Waals surface area contributed by atoms with Crippen LogP contribution in [0.4, 0.5) is 14.9 Å². The Morgan fingerprint density at radius 1 is 1.00 bits per heavy atom. The number of ether oxygens (including phenoxy) is 2. The molecule has 9 nitrogen and oxygen atoms in total. The SMILES string of the molecule is O=C(Nc1ccc(O)c(-c2cc(C3CCC3)n(C(=O)NCc3ccc(F)cc3)n2)c1)c1ccc2c(c1)OCO2. The van der Waals surface area contributed by atoms with Crippen LogP contribution in [-0.4, -0.2) is 33.6 Å². The fourth-order valence-electron chi connectivity index (χ4n) is 4.60. The van der Waals surface area contributed by atoms with Gasteiger partial charge >= 0.3 is 6.03 Å². The molecule has 0 bridgehead atoms. The summed E-state index contributed by atoms with van der Waals surface area (Å²) >= 11 is 0. The minimum atomic E-state index is -0.417. The number of anilines is 1. The summed E-state index contributed by atoms with van der Waals surface area (Å²) in [5.74, 6) is 0.527. The molecule has 0 unspecified atom stereocenters. The van der Waals surface area contributed by atoms with Gasteiger partial charge in [-0.15, -0.1) is 0 Å². The lowest BCUT2D eigenvalue weighted by atomic mass is 9.82. The van der Waals surface area contributed by atoms with E-state index in [0.29, 0.717) is 34.0 Å². The minimum Gasteiger partial charge on any atom is -0.507 e. The Morgan fingerprint density at radius 3 is 2.56 bits per heavy atom. The highest BCUT2D eigenvalue weighted by atomic mass is 19.1. The van der Waals surface area contributed by atoms with Gasteiger partial charge < -0.3 is 25.2 Å². The molecule has 3 N–H and O–H groups in total. The van der Waals surface area contributed by atoms with Crippen molar-refractivity contribution < 1.29 is 28.6 Å². The Bertz CT molecular complexity index is 1560. The molecule has 0 radical (unpaired) electrons. The van der Waals surface area contributed by atoms with Gasteiger partial charge in [-0.25, -0.2) is 9.18 Å². The van der Waals surface area contributed by atoms with Crippen LogP contribution in [0.15, 0.2) is 66.7 Å². The highest BCUT2D eigenvalue weighted by molar-refractivity contribution is 6.05. The van der Waals surface area contributed by atoms with E-state index in [2.05, 4.69) is 15.7 Å². The molecular weight excluding hydrogens is 503 g/mol. The van der Waals surface area contributed by atoms with E-state index in [1.807, 2.05) is 0 Å². The van der Waals surface area contributed by atoms with Crippen molar-refractivity contribution in [3.05, 3.63) is 89.4 Å². The highest BCUT2D eigenvalue weighted by Crippen LogP contribution is 2.39. The van der Waals surface area contributed by atoms with Gasteiger partial charge in [-0.05, 0) is 73.0 Å². The molecule has 2 aliphatic rings. The maximum Gasteiger partial charge on any atom is 0.342 e. The Morgan fingerprint density at radius 2 is 1.79 bits per heavy atom. The molecule has 2 amide bonds. The second-order valence-corrected chi connectivity index (χ2v) is 9.53. The smallest absolute Gasteiger partial charge is 0.342 e. The number of carbonyl (C=O) groups is 2. The van der Waals surface area contributed by atoms with Crippen molar-refractivity contribution in [3.8, 4) is 28.5 Å². The van der Waals surface area contributed by atoms with Crippen LogP contribution in [0.2, 0.25) is 0 Å². The molecule has 4 aromatic rings. The quantitative estimate of drug-likeness (QED) is 0.289. The van der Waals surface area contributed by atoms with Gasteiger partial charge in [-0.1, -0.05) is 18.6 Å². The van der Waals surface area contributed by atoms with Crippen molar-refractivity contribution in [2.75, 3.05) is 12.1 Å². The Hall–Kier alpha value is -4.86. The van der Waals surface area contributed by atoms with Crippen molar-refractivity contribution in [3.63, 3.8) is 0 Å². The summed E-state index contributed by atoms with van der Waals surface area (Å²) < 4.78 is 25.2. The lowest BCUT2D eigenvalue weighted by Gasteiger charge is -2.25. The van der Waals surface area contributed by atoms with Gasteiger partial charge in [0.1, 0.15) is 11.6 Å². The van der Waals surface area contributed by atoms with Crippen molar-refractivity contribution >= 4 is 17.6 Å². The summed E-state index contributed by atoms with van der Waals surface area (Å²) in [6.45, 7) is 0.326. The van der Waals surface area contributed by atoms with E-state index < -0.39 is 6.03 Å².